The maximum Gasteiger partial charge on any atom is 0.123 e. The fourth-order valence-corrected chi connectivity index (χ4v) is 2.34. The molecule has 1 atom stereocenters. The molecular formula is C17H21NO2. The average Bonchev–Trinajstić information content (AvgIpc) is 2.52. The van der Waals surface area contributed by atoms with Crippen LogP contribution in [0.3, 0.4) is 0 Å². The van der Waals surface area contributed by atoms with Gasteiger partial charge < -0.3 is 14.8 Å². The molecule has 0 aliphatic rings. The van der Waals surface area contributed by atoms with E-state index in [-0.39, 0.29) is 6.04 Å². The largest absolute Gasteiger partial charge is 0.497 e. The van der Waals surface area contributed by atoms with E-state index in [2.05, 4.69) is 30.4 Å². The molecule has 0 aliphatic carbocycles. The van der Waals surface area contributed by atoms with Crippen molar-refractivity contribution in [3.63, 3.8) is 0 Å². The number of methoxy groups -OCH3 is 2. The molecule has 106 valence electrons. The molecular weight excluding hydrogens is 250 g/mol. The molecule has 0 aromatic heterocycles. The number of hydrogen-bond donors (Lipinski definition) is 1. The monoisotopic (exact) mass is 271 g/mol. The zero-order valence-corrected chi connectivity index (χ0v) is 12.2. The first kappa shape index (κ1) is 14.4. The molecule has 1 N–H and O–H groups in total. The number of benzene rings is 2. The van der Waals surface area contributed by atoms with Gasteiger partial charge in [0.15, 0.2) is 0 Å². The molecule has 2 rings (SSSR count). The molecule has 0 bridgehead atoms. The summed E-state index contributed by atoms with van der Waals surface area (Å²) in [4.78, 5) is 0. The molecule has 2 aromatic carbocycles. The zero-order chi connectivity index (χ0) is 14.4. The van der Waals surface area contributed by atoms with Crippen LogP contribution >= 0.6 is 0 Å². The van der Waals surface area contributed by atoms with E-state index in [1.807, 2.05) is 30.3 Å². The molecule has 0 spiro atoms. The highest BCUT2D eigenvalue weighted by Gasteiger charge is 2.17. The summed E-state index contributed by atoms with van der Waals surface area (Å²) in [6, 6.07) is 16.3. The zero-order valence-electron chi connectivity index (χ0n) is 12.2. The Kier molecular flexibility index (Phi) is 5.02. The third-order valence-electron chi connectivity index (χ3n) is 3.29. The van der Waals surface area contributed by atoms with E-state index in [4.69, 9.17) is 9.47 Å². The minimum atomic E-state index is 0.0891. The van der Waals surface area contributed by atoms with Crippen molar-refractivity contribution in [1.82, 2.24) is 5.32 Å². The van der Waals surface area contributed by atoms with Gasteiger partial charge in [0.05, 0.1) is 20.3 Å². The lowest BCUT2D eigenvalue weighted by Crippen LogP contribution is -2.22. The topological polar surface area (TPSA) is 30.5 Å². The molecule has 0 saturated carbocycles. The number of nitrogens with one attached hydrogen (secondary N) is 1. The molecule has 1 unspecified atom stereocenters. The minimum absolute atomic E-state index is 0.0891. The fraction of sp³-hybridized carbons (Fsp3) is 0.294. The lowest BCUT2D eigenvalue weighted by atomic mass is 9.97. The van der Waals surface area contributed by atoms with E-state index < -0.39 is 0 Å². The van der Waals surface area contributed by atoms with Crippen LogP contribution in [0.2, 0.25) is 0 Å². The van der Waals surface area contributed by atoms with E-state index in [0.29, 0.717) is 0 Å². The van der Waals surface area contributed by atoms with Gasteiger partial charge in [0, 0.05) is 5.56 Å². The molecule has 3 heteroatoms. The number of hydrogen-bond acceptors (Lipinski definition) is 3. The van der Waals surface area contributed by atoms with Crippen LogP contribution in [0.5, 0.6) is 11.5 Å². The Balaban J connectivity index is 2.44. The lowest BCUT2D eigenvalue weighted by molar-refractivity contribution is 0.403. The van der Waals surface area contributed by atoms with Gasteiger partial charge >= 0.3 is 0 Å². The van der Waals surface area contributed by atoms with Crippen LogP contribution in [0.25, 0.3) is 0 Å². The van der Waals surface area contributed by atoms with E-state index >= 15 is 0 Å². The summed E-state index contributed by atoms with van der Waals surface area (Å²) in [6.07, 6.45) is 0. The second kappa shape index (κ2) is 6.96. The van der Waals surface area contributed by atoms with E-state index in [1.165, 1.54) is 0 Å². The first-order valence-corrected chi connectivity index (χ1v) is 6.80. The van der Waals surface area contributed by atoms with Crippen molar-refractivity contribution < 1.29 is 9.47 Å². The maximum absolute atomic E-state index is 5.48. The van der Waals surface area contributed by atoms with Crippen molar-refractivity contribution in [3.05, 3.63) is 59.7 Å². The predicted octanol–water partition coefficient (Wildman–Crippen LogP) is 3.40. The molecule has 0 heterocycles. The Bertz CT molecular complexity index is 554. The Labute approximate surface area is 120 Å². The van der Waals surface area contributed by atoms with Crippen LogP contribution in [-0.4, -0.2) is 20.8 Å². The molecule has 20 heavy (non-hydrogen) atoms. The van der Waals surface area contributed by atoms with Crippen molar-refractivity contribution in [1.29, 1.82) is 0 Å². The molecule has 0 amide bonds. The third kappa shape index (κ3) is 3.11. The smallest absolute Gasteiger partial charge is 0.123 e. The predicted molar refractivity (Wildman–Crippen MR) is 81.5 cm³/mol. The minimum Gasteiger partial charge on any atom is -0.497 e. The van der Waals surface area contributed by atoms with Gasteiger partial charge in [-0.05, 0) is 30.3 Å². The van der Waals surface area contributed by atoms with Crippen molar-refractivity contribution in [3.8, 4) is 11.5 Å². The number of ether oxygens (including phenoxy) is 2. The Hall–Kier alpha value is -2.00. The van der Waals surface area contributed by atoms with Gasteiger partial charge in [-0.2, -0.15) is 0 Å². The normalized spacial score (nSPS) is 11.9. The number of rotatable bonds is 6. The van der Waals surface area contributed by atoms with Gasteiger partial charge in [-0.15, -0.1) is 0 Å². The van der Waals surface area contributed by atoms with Crippen molar-refractivity contribution >= 4 is 0 Å². The Morgan fingerprint density at radius 2 is 1.80 bits per heavy atom. The standard InChI is InChI=1S/C17H21NO2/c1-4-18-17(13-8-7-9-14(12-13)19-2)15-10-5-6-11-16(15)20-3/h5-12,17-18H,4H2,1-3H3. The highest BCUT2D eigenvalue weighted by molar-refractivity contribution is 5.43. The molecule has 0 fully saturated rings. The first-order valence-electron chi connectivity index (χ1n) is 6.80. The van der Waals surface area contributed by atoms with Gasteiger partial charge in [0.25, 0.3) is 0 Å². The fourth-order valence-electron chi connectivity index (χ4n) is 2.34. The van der Waals surface area contributed by atoms with Crippen molar-refractivity contribution in [2.45, 2.75) is 13.0 Å². The van der Waals surface area contributed by atoms with Crippen LogP contribution in [-0.2, 0) is 0 Å². The third-order valence-corrected chi connectivity index (χ3v) is 3.29. The highest BCUT2D eigenvalue weighted by atomic mass is 16.5. The lowest BCUT2D eigenvalue weighted by Gasteiger charge is -2.21. The van der Waals surface area contributed by atoms with Crippen LogP contribution in [0.4, 0.5) is 0 Å². The first-order chi connectivity index (χ1) is 9.80. The summed E-state index contributed by atoms with van der Waals surface area (Å²) in [6.45, 7) is 2.97. The van der Waals surface area contributed by atoms with Crippen LogP contribution < -0.4 is 14.8 Å². The molecule has 2 aromatic rings. The van der Waals surface area contributed by atoms with Crippen LogP contribution in [0, 0.1) is 0 Å². The van der Waals surface area contributed by atoms with Crippen LogP contribution in [0.15, 0.2) is 48.5 Å². The molecule has 0 aliphatic heterocycles. The van der Waals surface area contributed by atoms with Gasteiger partial charge in [-0.3, -0.25) is 0 Å². The maximum atomic E-state index is 5.48. The van der Waals surface area contributed by atoms with Crippen molar-refractivity contribution in [2.24, 2.45) is 0 Å². The summed E-state index contributed by atoms with van der Waals surface area (Å²) in [5, 5.41) is 3.51. The summed E-state index contributed by atoms with van der Waals surface area (Å²) in [5.74, 6) is 1.75. The highest BCUT2D eigenvalue weighted by Crippen LogP contribution is 2.31. The second-order valence-electron chi connectivity index (χ2n) is 4.51. The van der Waals surface area contributed by atoms with Crippen molar-refractivity contribution in [2.75, 3.05) is 20.8 Å². The summed E-state index contributed by atoms with van der Waals surface area (Å²) in [5.41, 5.74) is 2.29. The Morgan fingerprint density at radius 3 is 2.50 bits per heavy atom. The number of para-hydroxylation sites is 1. The van der Waals surface area contributed by atoms with Gasteiger partial charge in [0.1, 0.15) is 11.5 Å². The van der Waals surface area contributed by atoms with Gasteiger partial charge in [-0.1, -0.05) is 37.3 Å². The van der Waals surface area contributed by atoms with E-state index in [1.54, 1.807) is 14.2 Å². The summed E-state index contributed by atoms with van der Waals surface area (Å²) < 4.78 is 10.8. The second-order valence-corrected chi connectivity index (χ2v) is 4.51. The molecule has 3 nitrogen and oxygen atoms in total. The summed E-state index contributed by atoms with van der Waals surface area (Å²) in [7, 11) is 3.39. The SMILES string of the molecule is CCNC(c1cccc(OC)c1)c1ccccc1OC. The molecule has 0 saturated heterocycles. The molecule has 0 radical (unpaired) electrons. The summed E-state index contributed by atoms with van der Waals surface area (Å²) >= 11 is 0. The van der Waals surface area contributed by atoms with Gasteiger partial charge in [-0.25, -0.2) is 0 Å². The van der Waals surface area contributed by atoms with E-state index in [0.717, 1.165) is 29.2 Å². The average molecular weight is 271 g/mol. The van der Waals surface area contributed by atoms with Gasteiger partial charge in [0.2, 0.25) is 0 Å². The quantitative estimate of drug-likeness (QED) is 0.873. The van der Waals surface area contributed by atoms with Crippen LogP contribution in [0.1, 0.15) is 24.1 Å². The van der Waals surface area contributed by atoms with E-state index in [9.17, 15) is 0 Å². The Morgan fingerprint density at radius 1 is 1.00 bits per heavy atom.